The van der Waals surface area contributed by atoms with Gasteiger partial charge in [-0.2, -0.15) is 0 Å². The van der Waals surface area contributed by atoms with Crippen molar-refractivity contribution in [3.8, 4) is 5.75 Å². The fourth-order valence-electron chi connectivity index (χ4n) is 1.15. The van der Waals surface area contributed by atoms with Crippen molar-refractivity contribution in [2.24, 2.45) is 0 Å². The third kappa shape index (κ3) is 2.73. The Morgan fingerprint density at radius 3 is 2.75 bits per heavy atom. The monoisotopic (exact) mass is 226 g/mol. The van der Waals surface area contributed by atoms with E-state index in [1.165, 1.54) is 19.2 Å². The minimum absolute atomic E-state index is 0.0433. The molecule has 0 atom stereocenters. The van der Waals surface area contributed by atoms with Gasteiger partial charge in [0.05, 0.1) is 7.11 Å². The summed E-state index contributed by atoms with van der Waals surface area (Å²) in [5, 5.41) is 9.53. The summed E-state index contributed by atoms with van der Waals surface area (Å²) in [6, 6.07) is 6.13. The Hall–Kier alpha value is -2.04. The minimum atomic E-state index is -1.06. The number of methoxy groups -OCH3 is 1. The zero-order chi connectivity index (χ0) is 12.0. The van der Waals surface area contributed by atoms with Gasteiger partial charge >= 0.3 is 5.97 Å². The van der Waals surface area contributed by atoms with Crippen molar-refractivity contribution in [3.63, 3.8) is 0 Å². The van der Waals surface area contributed by atoms with Crippen LogP contribution in [0.25, 0.3) is 5.57 Å². The fourth-order valence-corrected chi connectivity index (χ4v) is 1.15. The van der Waals surface area contributed by atoms with Crippen molar-refractivity contribution in [3.05, 3.63) is 36.1 Å². The molecule has 0 spiro atoms. The first-order chi connectivity index (χ1) is 7.70. The van der Waals surface area contributed by atoms with Crippen LogP contribution in [0, 0.1) is 0 Å². The van der Waals surface area contributed by atoms with Crippen molar-refractivity contribution >= 4 is 11.5 Å². The maximum absolute atomic E-state index is 11.9. The Morgan fingerprint density at radius 2 is 2.19 bits per heavy atom. The topological polar surface area (TPSA) is 55.8 Å². The Labute approximate surface area is 91.9 Å². The molecule has 0 amide bonds. The van der Waals surface area contributed by atoms with Gasteiger partial charge in [0.2, 0.25) is 6.86 Å². The average Bonchev–Trinajstić information content (AvgIpc) is 2.31. The van der Waals surface area contributed by atoms with E-state index in [0.29, 0.717) is 0 Å². The van der Waals surface area contributed by atoms with Crippen LogP contribution in [0.4, 0.5) is 4.39 Å². The second-order valence-corrected chi connectivity index (χ2v) is 2.82. The molecule has 4 nitrogen and oxygen atoms in total. The lowest BCUT2D eigenvalue weighted by Crippen LogP contribution is -2.04. The van der Waals surface area contributed by atoms with E-state index >= 15 is 0 Å². The molecule has 0 aliphatic heterocycles. The number of phenols is 1. The normalized spacial score (nSPS) is 11.0. The van der Waals surface area contributed by atoms with Crippen LogP contribution in [-0.2, 0) is 14.3 Å². The van der Waals surface area contributed by atoms with Crippen molar-refractivity contribution in [2.45, 2.75) is 0 Å². The van der Waals surface area contributed by atoms with Gasteiger partial charge in [0.25, 0.3) is 0 Å². The third-order valence-electron chi connectivity index (χ3n) is 1.86. The molecule has 0 aliphatic carbocycles. The molecule has 0 aliphatic rings. The van der Waals surface area contributed by atoms with Gasteiger partial charge in [-0.1, -0.05) is 18.2 Å². The zero-order valence-corrected chi connectivity index (χ0v) is 8.64. The number of aromatic hydroxyl groups is 1. The SMILES string of the molecule is COC(=O)/C(=C/OCF)c1ccccc1O. The van der Waals surface area contributed by atoms with Gasteiger partial charge in [0, 0.05) is 5.56 Å². The van der Waals surface area contributed by atoms with Crippen molar-refractivity contribution in [1.82, 2.24) is 0 Å². The highest BCUT2D eigenvalue weighted by Gasteiger charge is 2.16. The van der Waals surface area contributed by atoms with E-state index < -0.39 is 12.8 Å². The van der Waals surface area contributed by atoms with E-state index in [9.17, 15) is 14.3 Å². The summed E-state index contributed by atoms with van der Waals surface area (Å²) in [6.45, 7) is -1.06. The predicted molar refractivity (Wildman–Crippen MR) is 55.2 cm³/mol. The first kappa shape index (κ1) is 12.0. The van der Waals surface area contributed by atoms with Crippen LogP contribution >= 0.6 is 0 Å². The standard InChI is InChI=1S/C11H11FO4/c1-15-11(14)9(6-16-7-12)8-4-2-3-5-10(8)13/h2-6,13H,7H2,1H3/b9-6+. The van der Waals surface area contributed by atoms with Gasteiger partial charge in [0.1, 0.15) is 17.6 Å². The van der Waals surface area contributed by atoms with Crippen molar-refractivity contribution in [2.75, 3.05) is 14.0 Å². The molecular weight excluding hydrogens is 215 g/mol. The number of para-hydroxylation sites is 1. The summed E-state index contributed by atoms with van der Waals surface area (Å²) in [7, 11) is 1.19. The van der Waals surface area contributed by atoms with Crippen molar-refractivity contribution in [1.29, 1.82) is 0 Å². The number of carbonyl (C=O) groups excluding carboxylic acids is 1. The molecule has 86 valence electrons. The molecule has 0 unspecified atom stereocenters. The van der Waals surface area contributed by atoms with Crippen LogP contribution in [0.1, 0.15) is 5.56 Å². The second kappa shape index (κ2) is 5.75. The molecule has 1 aromatic carbocycles. The smallest absolute Gasteiger partial charge is 0.341 e. The number of rotatable bonds is 4. The maximum Gasteiger partial charge on any atom is 0.341 e. The highest BCUT2D eigenvalue weighted by molar-refractivity contribution is 6.16. The number of alkyl halides is 1. The highest BCUT2D eigenvalue weighted by atomic mass is 19.1. The first-order valence-electron chi connectivity index (χ1n) is 4.45. The number of carbonyl (C=O) groups is 1. The maximum atomic E-state index is 11.9. The summed E-state index contributed by atoms with van der Waals surface area (Å²) in [5.41, 5.74) is 0.182. The van der Waals surface area contributed by atoms with Gasteiger partial charge in [-0.15, -0.1) is 0 Å². The van der Waals surface area contributed by atoms with E-state index in [4.69, 9.17) is 0 Å². The molecule has 0 radical (unpaired) electrons. The molecule has 1 rings (SSSR count). The highest BCUT2D eigenvalue weighted by Crippen LogP contribution is 2.25. The molecule has 0 fully saturated rings. The van der Waals surface area contributed by atoms with Gasteiger partial charge < -0.3 is 14.6 Å². The van der Waals surface area contributed by atoms with Crippen LogP contribution < -0.4 is 0 Å². The lowest BCUT2D eigenvalue weighted by Gasteiger charge is -2.07. The summed E-state index contributed by atoms with van der Waals surface area (Å²) in [4.78, 5) is 11.4. The van der Waals surface area contributed by atoms with Gasteiger partial charge in [-0.05, 0) is 6.07 Å². The third-order valence-corrected chi connectivity index (χ3v) is 1.86. The first-order valence-corrected chi connectivity index (χ1v) is 4.45. The molecular formula is C11H11FO4. The van der Waals surface area contributed by atoms with E-state index in [1.807, 2.05) is 0 Å². The molecule has 5 heteroatoms. The van der Waals surface area contributed by atoms with E-state index in [1.54, 1.807) is 12.1 Å². The molecule has 0 saturated carbocycles. The number of benzene rings is 1. The van der Waals surface area contributed by atoms with Gasteiger partial charge in [0.15, 0.2) is 0 Å². The van der Waals surface area contributed by atoms with Crippen LogP contribution in [0.2, 0.25) is 0 Å². The Bertz CT molecular complexity index is 401. The number of hydrogen-bond donors (Lipinski definition) is 1. The quantitative estimate of drug-likeness (QED) is 0.483. The minimum Gasteiger partial charge on any atom is -0.507 e. The number of halogens is 1. The number of phenolic OH excluding ortho intramolecular Hbond substituents is 1. The molecule has 1 N–H and O–H groups in total. The Kier molecular flexibility index (Phi) is 4.32. The number of ether oxygens (including phenoxy) is 2. The molecule has 16 heavy (non-hydrogen) atoms. The lowest BCUT2D eigenvalue weighted by atomic mass is 10.1. The van der Waals surface area contributed by atoms with Gasteiger partial charge in [-0.3, -0.25) is 0 Å². The summed E-state index contributed by atoms with van der Waals surface area (Å²) in [6.07, 6.45) is 0.918. The fraction of sp³-hybridized carbons (Fsp3) is 0.182. The summed E-state index contributed by atoms with van der Waals surface area (Å²) < 4.78 is 20.7. The van der Waals surface area contributed by atoms with Crippen LogP contribution in [0.15, 0.2) is 30.5 Å². The molecule has 0 aromatic heterocycles. The largest absolute Gasteiger partial charge is 0.507 e. The van der Waals surface area contributed by atoms with Gasteiger partial charge in [-0.25, -0.2) is 9.18 Å². The molecule has 1 aromatic rings. The molecule has 0 bridgehead atoms. The summed E-state index contributed by atoms with van der Waals surface area (Å²) in [5.74, 6) is -0.823. The van der Waals surface area contributed by atoms with Crippen LogP contribution in [0.3, 0.4) is 0 Å². The Balaban J connectivity index is 3.11. The van der Waals surface area contributed by atoms with Crippen LogP contribution in [0.5, 0.6) is 5.75 Å². The van der Waals surface area contributed by atoms with Crippen molar-refractivity contribution < 1.29 is 23.8 Å². The lowest BCUT2D eigenvalue weighted by molar-refractivity contribution is -0.133. The number of hydrogen-bond acceptors (Lipinski definition) is 4. The van der Waals surface area contributed by atoms with Crippen LogP contribution in [-0.4, -0.2) is 25.0 Å². The summed E-state index contributed by atoms with van der Waals surface area (Å²) >= 11 is 0. The molecule has 0 saturated heterocycles. The second-order valence-electron chi connectivity index (χ2n) is 2.82. The zero-order valence-electron chi connectivity index (χ0n) is 8.64. The predicted octanol–water partition coefficient (Wildman–Crippen LogP) is 1.85. The van der Waals surface area contributed by atoms with E-state index in [0.717, 1.165) is 6.26 Å². The van der Waals surface area contributed by atoms with E-state index in [-0.39, 0.29) is 16.9 Å². The molecule has 0 heterocycles. The average molecular weight is 226 g/mol. The van der Waals surface area contributed by atoms with E-state index in [2.05, 4.69) is 9.47 Å². The number of esters is 1. The Morgan fingerprint density at radius 1 is 1.50 bits per heavy atom.